The molecule has 2 aromatic carbocycles. The second kappa shape index (κ2) is 6.71. The van der Waals surface area contributed by atoms with Crippen LogP contribution in [0.25, 0.3) is 0 Å². The van der Waals surface area contributed by atoms with Gasteiger partial charge in [0.1, 0.15) is 5.75 Å². The van der Waals surface area contributed by atoms with E-state index in [-0.39, 0.29) is 33.9 Å². The van der Waals surface area contributed by atoms with Crippen molar-refractivity contribution in [2.45, 2.75) is 0 Å². The number of ether oxygens (including phenoxy) is 1. The summed E-state index contributed by atoms with van der Waals surface area (Å²) in [4.78, 5) is 0. The number of hydrogen-bond donors (Lipinski definition) is 1. The summed E-state index contributed by atoms with van der Waals surface area (Å²) in [6, 6.07) is 9.39. The molecule has 99 valence electrons. The Balaban J connectivity index is 0.00000162. The minimum atomic E-state index is -0.0523. The van der Waals surface area contributed by atoms with Gasteiger partial charge >= 0.3 is 0 Å². The van der Waals surface area contributed by atoms with Crippen molar-refractivity contribution in [3.05, 3.63) is 51.5 Å². The van der Waals surface area contributed by atoms with E-state index in [2.05, 4.69) is 0 Å². The third kappa shape index (κ3) is 3.82. The summed E-state index contributed by atoms with van der Waals surface area (Å²) in [7, 11) is 0. The van der Waals surface area contributed by atoms with Gasteiger partial charge in [-0.1, -0.05) is 34.8 Å². The van der Waals surface area contributed by atoms with Crippen LogP contribution >= 0.6 is 34.8 Å². The molecule has 2 aromatic rings. The fraction of sp³-hybridized carbons (Fsp3) is 0. The zero-order chi connectivity index (χ0) is 12.4. The van der Waals surface area contributed by atoms with E-state index in [4.69, 9.17) is 39.5 Å². The summed E-state index contributed by atoms with van der Waals surface area (Å²) in [5.41, 5.74) is 0. The molecule has 0 aliphatic carbocycles. The Labute approximate surface area is 135 Å². The monoisotopic (exact) mass is 395 g/mol. The first-order chi connectivity index (χ1) is 8.06. The van der Waals surface area contributed by atoms with Crippen LogP contribution in [0.4, 0.5) is 0 Å². The number of hydrogen-bond acceptors (Lipinski definition) is 2. The summed E-state index contributed by atoms with van der Waals surface area (Å²) in [5.74, 6) is 0.635. The van der Waals surface area contributed by atoms with Crippen molar-refractivity contribution >= 4 is 34.8 Å². The van der Waals surface area contributed by atoms with Gasteiger partial charge in [-0.2, -0.15) is 0 Å². The Morgan fingerprint density at radius 3 is 1.94 bits per heavy atom. The zero-order valence-electron chi connectivity index (χ0n) is 8.75. The normalized spacial score (nSPS) is 9.72. The van der Waals surface area contributed by atoms with Gasteiger partial charge in [0.2, 0.25) is 0 Å². The van der Waals surface area contributed by atoms with Crippen molar-refractivity contribution in [2.75, 3.05) is 0 Å². The number of phenolic OH excluding ortho intramolecular Hbond substituents is 1. The van der Waals surface area contributed by atoms with E-state index in [1.54, 1.807) is 30.3 Å². The van der Waals surface area contributed by atoms with Gasteiger partial charge in [-0.3, -0.25) is 0 Å². The average Bonchev–Trinajstić information content (AvgIpc) is 2.25. The molecule has 0 aliphatic heterocycles. The first-order valence-corrected chi connectivity index (χ1v) is 5.81. The number of benzene rings is 2. The third-order valence-electron chi connectivity index (χ3n) is 2.03. The Morgan fingerprint density at radius 1 is 0.833 bits per heavy atom. The van der Waals surface area contributed by atoms with Crippen molar-refractivity contribution in [1.82, 2.24) is 0 Å². The molecule has 0 unspecified atom stereocenters. The smallest absolute Gasteiger partial charge is 0.169 e. The van der Waals surface area contributed by atoms with Crippen LogP contribution in [0.5, 0.6) is 17.2 Å². The third-order valence-corrected chi connectivity index (χ3v) is 2.80. The van der Waals surface area contributed by atoms with Crippen LogP contribution in [0.1, 0.15) is 0 Å². The molecular weight excluding hydrogens is 390 g/mol. The van der Waals surface area contributed by atoms with Crippen molar-refractivity contribution in [3.63, 3.8) is 0 Å². The van der Waals surface area contributed by atoms with Crippen LogP contribution in [0.15, 0.2) is 36.4 Å². The predicted octanol–water partition coefficient (Wildman–Crippen LogP) is 5.14. The molecule has 0 saturated carbocycles. The predicted molar refractivity (Wildman–Crippen MR) is 69.7 cm³/mol. The molecule has 0 atom stereocenters. The standard InChI is InChI=1S/C12H7Cl3O2.Ag/c13-7-1-3-11(9(15)5-7)17-12-4-2-8(14)6-10(12)16;/h1-6,16H;. The second-order valence-corrected chi connectivity index (χ2v) is 4.57. The maximum absolute atomic E-state index is 9.62. The van der Waals surface area contributed by atoms with Crippen LogP contribution in [-0.2, 0) is 22.4 Å². The first-order valence-electron chi connectivity index (χ1n) is 4.67. The molecule has 18 heavy (non-hydrogen) atoms. The van der Waals surface area contributed by atoms with E-state index in [0.29, 0.717) is 20.8 Å². The van der Waals surface area contributed by atoms with Gasteiger partial charge in [-0.25, -0.2) is 0 Å². The van der Waals surface area contributed by atoms with Gasteiger partial charge in [0.05, 0.1) is 5.02 Å². The average molecular weight is 397 g/mol. The molecule has 0 fully saturated rings. The summed E-state index contributed by atoms with van der Waals surface area (Å²) in [5, 5.41) is 10.9. The SMILES string of the molecule is Oc1cc(Cl)ccc1Oc1ccc(Cl)cc1Cl.[Ag]. The van der Waals surface area contributed by atoms with Crippen molar-refractivity contribution < 1.29 is 32.2 Å². The summed E-state index contributed by atoms with van der Waals surface area (Å²) >= 11 is 17.4. The fourth-order valence-corrected chi connectivity index (χ4v) is 1.87. The molecule has 0 amide bonds. The largest absolute Gasteiger partial charge is 0.504 e. The number of rotatable bonds is 2. The second-order valence-electron chi connectivity index (χ2n) is 3.29. The van der Waals surface area contributed by atoms with E-state index in [0.717, 1.165) is 0 Å². The molecule has 0 saturated heterocycles. The molecule has 6 heteroatoms. The molecule has 0 bridgehead atoms. The summed E-state index contributed by atoms with van der Waals surface area (Å²) in [6.45, 7) is 0. The molecule has 2 rings (SSSR count). The van der Waals surface area contributed by atoms with Crippen LogP contribution < -0.4 is 4.74 Å². The molecule has 0 heterocycles. The van der Waals surface area contributed by atoms with Gasteiger partial charge in [-0.05, 0) is 30.3 Å². The van der Waals surface area contributed by atoms with Crippen LogP contribution in [0, 0.1) is 0 Å². The number of aromatic hydroxyl groups is 1. The minimum Gasteiger partial charge on any atom is -0.504 e. The molecule has 1 radical (unpaired) electrons. The molecule has 0 spiro atoms. The van der Waals surface area contributed by atoms with Gasteiger partial charge in [0.15, 0.2) is 11.5 Å². The quantitative estimate of drug-likeness (QED) is 0.711. The Bertz CT molecular complexity index is 512. The first kappa shape index (κ1) is 15.7. The molecule has 0 aromatic heterocycles. The van der Waals surface area contributed by atoms with E-state index in [9.17, 15) is 5.11 Å². The van der Waals surface area contributed by atoms with Crippen LogP contribution in [-0.4, -0.2) is 5.11 Å². The molecular formula is C12H7AgCl3O2. The van der Waals surface area contributed by atoms with Gasteiger partial charge in [-0.15, -0.1) is 0 Å². The van der Waals surface area contributed by atoms with Crippen LogP contribution in [0.2, 0.25) is 15.1 Å². The number of phenols is 1. The van der Waals surface area contributed by atoms with Gasteiger partial charge < -0.3 is 9.84 Å². The van der Waals surface area contributed by atoms with E-state index >= 15 is 0 Å². The van der Waals surface area contributed by atoms with E-state index < -0.39 is 0 Å². The van der Waals surface area contributed by atoms with Gasteiger partial charge in [0.25, 0.3) is 0 Å². The van der Waals surface area contributed by atoms with E-state index in [1.807, 2.05) is 0 Å². The maximum atomic E-state index is 9.62. The van der Waals surface area contributed by atoms with E-state index in [1.165, 1.54) is 6.07 Å². The van der Waals surface area contributed by atoms with Crippen LogP contribution in [0.3, 0.4) is 0 Å². The summed E-state index contributed by atoms with van der Waals surface area (Å²) in [6.07, 6.45) is 0. The zero-order valence-corrected chi connectivity index (χ0v) is 12.5. The number of halogens is 3. The Hall–Kier alpha value is -0.350. The molecule has 0 aliphatic rings. The molecule has 1 N–H and O–H groups in total. The summed E-state index contributed by atoms with van der Waals surface area (Å²) < 4.78 is 5.45. The fourth-order valence-electron chi connectivity index (χ4n) is 1.25. The van der Waals surface area contributed by atoms with Crippen molar-refractivity contribution in [2.24, 2.45) is 0 Å². The minimum absolute atomic E-state index is 0. The van der Waals surface area contributed by atoms with Crippen molar-refractivity contribution in [1.29, 1.82) is 0 Å². The van der Waals surface area contributed by atoms with Gasteiger partial charge in [0, 0.05) is 38.5 Å². The Kier molecular flexibility index (Phi) is 5.86. The maximum Gasteiger partial charge on any atom is 0.169 e. The molecule has 2 nitrogen and oxygen atoms in total. The topological polar surface area (TPSA) is 29.5 Å². The van der Waals surface area contributed by atoms with Crippen molar-refractivity contribution in [3.8, 4) is 17.2 Å². The Morgan fingerprint density at radius 2 is 1.39 bits per heavy atom.